The summed E-state index contributed by atoms with van der Waals surface area (Å²) >= 11 is 0. The molecule has 28 heavy (non-hydrogen) atoms. The van der Waals surface area contributed by atoms with Crippen LogP contribution in [0, 0.1) is 6.92 Å². The fourth-order valence-electron chi connectivity index (χ4n) is 3.98. The van der Waals surface area contributed by atoms with Crippen LogP contribution in [-0.2, 0) is 7.05 Å². The lowest BCUT2D eigenvalue weighted by atomic mass is 10.0. The summed E-state index contributed by atoms with van der Waals surface area (Å²) < 4.78 is 4.03. The second kappa shape index (κ2) is 6.02. The molecule has 0 atom stereocenters. The molecule has 0 aliphatic rings. The molecule has 1 N–H and O–H groups in total. The smallest absolute Gasteiger partial charge is 0.177 e. The second-order valence-electron chi connectivity index (χ2n) is 7.38. The largest absolute Gasteiger partial charge is 0.345 e. The molecule has 0 fully saturated rings. The highest BCUT2D eigenvalue weighted by Gasteiger charge is 2.17. The molecule has 140 valence electrons. The van der Waals surface area contributed by atoms with Gasteiger partial charge < -0.3 is 9.55 Å². The Morgan fingerprint density at radius 2 is 1.93 bits per heavy atom. The quantitative estimate of drug-likeness (QED) is 0.514. The number of hydrogen-bond acceptors (Lipinski definition) is 4. The fourth-order valence-corrected chi connectivity index (χ4v) is 3.98. The lowest BCUT2D eigenvalue weighted by Gasteiger charge is -2.11. The third-order valence-electron chi connectivity index (χ3n) is 5.14. The molecule has 0 saturated heterocycles. The van der Waals surface area contributed by atoms with Crippen LogP contribution in [0.1, 0.15) is 25.7 Å². The van der Waals surface area contributed by atoms with Crippen molar-refractivity contribution in [2.45, 2.75) is 26.8 Å². The first-order chi connectivity index (χ1) is 13.5. The van der Waals surface area contributed by atoms with Crippen molar-refractivity contribution in [2.75, 3.05) is 0 Å². The van der Waals surface area contributed by atoms with E-state index in [2.05, 4.69) is 49.5 Å². The van der Waals surface area contributed by atoms with Gasteiger partial charge in [-0.15, -0.1) is 0 Å². The third kappa shape index (κ3) is 2.43. The monoisotopic (exact) mass is 371 g/mol. The molecule has 0 spiro atoms. The molecule has 0 saturated carbocycles. The Hall–Kier alpha value is -3.48. The van der Waals surface area contributed by atoms with Crippen LogP contribution in [0.3, 0.4) is 0 Å². The Balaban J connectivity index is 1.77. The molecule has 0 aliphatic heterocycles. The summed E-state index contributed by atoms with van der Waals surface area (Å²) in [7, 11) is 1.92. The van der Waals surface area contributed by atoms with E-state index in [1.165, 1.54) is 0 Å². The van der Waals surface area contributed by atoms with Crippen LogP contribution in [-0.4, -0.2) is 34.3 Å². The molecule has 5 aromatic rings. The van der Waals surface area contributed by atoms with Crippen molar-refractivity contribution in [1.29, 1.82) is 0 Å². The molecule has 0 unspecified atom stereocenters. The topological polar surface area (TPSA) is 77.2 Å². The molecule has 7 nitrogen and oxygen atoms in total. The van der Waals surface area contributed by atoms with E-state index in [4.69, 9.17) is 0 Å². The van der Waals surface area contributed by atoms with Gasteiger partial charge >= 0.3 is 0 Å². The average Bonchev–Trinajstić information content (AvgIpc) is 3.36. The highest BCUT2D eigenvalue weighted by Crippen LogP contribution is 2.36. The Bertz CT molecular complexity index is 1320. The second-order valence-corrected chi connectivity index (χ2v) is 7.38. The third-order valence-corrected chi connectivity index (χ3v) is 5.14. The van der Waals surface area contributed by atoms with Crippen molar-refractivity contribution < 1.29 is 0 Å². The molecule has 0 aromatic carbocycles. The highest BCUT2D eigenvalue weighted by molar-refractivity contribution is 6.04. The van der Waals surface area contributed by atoms with Gasteiger partial charge in [-0.05, 0) is 38.5 Å². The van der Waals surface area contributed by atoms with E-state index in [-0.39, 0.29) is 0 Å². The minimum Gasteiger partial charge on any atom is -0.345 e. The van der Waals surface area contributed by atoms with Gasteiger partial charge in [0.1, 0.15) is 11.5 Å². The van der Waals surface area contributed by atoms with Gasteiger partial charge in [-0.3, -0.25) is 4.68 Å². The van der Waals surface area contributed by atoms with Crippen LogP contribution >= 0.6 is 0 Å². The molecular weight excluding hydrogens is 350 g/mol. The summed E-state index contributed by atoms with van der Waals surface area (Å²) in [6.45, 7) is 6.35. The maximum Gasteiger partial charge on any atom is 0.177 e. The zero-order chi connectivity index (χ0) is 19.4. The number of imidazole rings is 1. The highest BCUT2D eigenvalue weighted by atomic mass is 15.2. The van der Waals surface area contributed by atoms with Gasteiger partial charge in [-0.2, -0.15) is 5.10 Å². The molecule has 5 aromatic heterocycles. The lowest BCUT2D eigenvalue weighted by Crippen LogP contribution is -2.02. The maximum absolute atomic E-state index is 4.63. The number of pyridine rings is 2. The summed E-state index contributed by atoms with van der Waals surface area (Å²) in [4.78, 5) is 17.1. The van der Waals surface area contributed by atoms with Crippen molar-refractivity contribution in [3.05, 3.63) is 48.9 Å². The number of aromatic nitrogens is 7. The first kappa shape index (κ1) is 16.7. The fraction of sp³-hybridized carbons (Fsp3) is 0.238. The molecule has 0 radical (unpaired) electrons. The first-order valence-corrected chi connectivity index (χ1v) is 9.33. The molecule has 7 heteroatoms. The van der Waals surface area contributed by atoms with Gasteiger partial charge in [0, 0.05) is 60.0 Å². The Kier molecular flexibility index (Phi) is 3.58. The van der Waals surface area contributed by atoms with Gasteiger partial charge in [0.2, 0.25) is 0 Å². The van der Waals surface area contributed by atoms with E-state index in [1.807, 2.05) is 55.7 Å². The minimum absolute atomic E-state index is 0.317. The number of hydrogen-bond donors (Lipinski definition) is 1. The summed E-state index contributed by atoms with van der Waals surface area (Å²) in [5.41, 5.74) is 6.96. The molecule has 0 amide bonds. The standard InChI is InChI=1S/C21H21N7/c1-12(2)28-13(3)26-20-18(28)7-14(8-23-20)17-10-24-21-19(17)16(5-6-22-21)15-9-25-27(4)11-15/h5-12H,1-4H3,(H,22,24). The zero-order valence-electron chi connectivity index (χ0n) is 16.3. The number of nitrogens with zero attached hydrogens (tertiary/aromatic N) is 6. The molecule has 0 bridgehead atoms. The van der Waals surface area contributed by atoms with Gasteiger partial charge in [0.05, 0.1) is 11.7 Å². The Labute approximate surface area is 162 Å². The van der Waals surface area contributed by atoms with Crippen LogP contribution in [0.5, 0.6) is 0 Å². The van der Waals surface area contributed by atoms with Gasteiger partial charge in [0.15, 0.2) is 5.65 Å². The van der Waals surface area contributed by atoms with Crippen molar-refractivity contribution in [2.24, 2.45) is 7.05 Å². The first-order valence-electron chi connectivity index (χ1n) is 9.33. The van der Waals surface area contributed by atoms with Crippen molar-refractivity contribution >= 4 is 22.2 Å². The van der Waals surface area contributed by atoms with Crippen LogP contribution in [0.4, 0.5) is 0 Å². The van der Waals surface area contributed by atoms with Gasteiger partial charge in [-0.1, -0.05) is 0 Å². The Morgan fingerprint density at radius 3 is 2.68 bits per heavy atom. The van der Waals surface area contributed by atoms with Gasteiger partial charge in [-0.25, -0.2) is 15.0 Å². The molecule has 5 rings (SSSR count). The van der Waals surface area contributed by atoms with Crippen LogP contribution in [0.25, 0.3) is 44.5 Å². The van der Waals surface area contributed by atoms with Gasteiger partial charge in [0.25, 0.3) is 0 Å². The number of H-pyrrole nitrogens is 1. The molecular formula is C21H21N7. The van der Waals surface area contributed by atoms with Crippen molar-refractivity contribution in [3.63, 3.8) is 0 Å². The molecule has 5 heterocycles. The summed E-state index contributed by atoms with van der Waals surface area (Å²) in [5.74, 6) is 0.978. The van der Waals surface area contributed by atoms with E-state index in [9.17, 15) is 0 Å². The van der Waals surface area contributed by atoms with E-state index in [0.717, 1.165) is 50.3 Å². The van der Waals surface area contributed by atoms with E-state index in [0.29, 0.717) is 6.04 Å². The molecule has 0 aliphatic carbocycles. The predicted molar refractivity (Wildman–Crippen MR) is 110 cm³/mol. The number of aryl methyl sites for hydroxylation is 2. The Morgan fingerprint density at radius 1 is 1.07 bits per heavy atom. The van der Waals surface area contributed by atoms with Crippen LogP contribution < -0.4 is 0 Å². The van der Waals surface area contributed by atoms with Crippen LogP contribution in [0.15, 0.2) is 43.1 Å². The number of fused-ring (bicyclic) bond motifs is 2. The summed E-state index contributed by atoms with van der Waals surface area (Å²) in [5, 5.41) is 5.40. The number of rotatable bonds is 3. The number of aromatic amines is 1. The summed E-state index contributed by atoms with van der Waals surface area (Å²) in [6, 6.07) is 4.52. The summed E-state index contributed by atoms with van der Waals surface area (Å²) in [6.07, 6.45) is 9.61. The van der Waals surface area contributed by atoms with E-state index < -0.39 is 0 Å². The number of nitrogens with one attached hydrogen (secondary N) is 1. The van der Waals surface area contributed by atoms with E-state index in [1.54, 1.807) is 0 Å². The SMILES string of the molecule is Cc1nc2ncc(-c3c[nH]c4nccc(-c5cnn(C)c5)c34)cc2n1C(C)C. The van der Waals surface area contributed by atoms with Crippen molar-refractivity contribution in [3.8, 4) is 22.3 Å². The van der Waals surface area contributed by atoms with Crippen LogP contribution in [0.2, 0.25) is 0 Å². The lowest BCUT2D eigenvalue weighted by molar-refractivity contribution is 0.600. The minimum atomic E-state index is 0.317. The normalized spacial score (nSPS) is 11.9. The maximum atomic E-state index is 4.63. The zero-order valence-corrected chi connectivity index (χ0v) is 16.3. The van der Waals surface area contributed by atoms with Crippen molar-refractivity contribution in [1.82, 2.24) is 34.3 Å². The predicted octanol–water partition coefficient (Wildman–Crippen LogP) is 4.26. The van der Waals surface area contributed by atoms with E-state index >= 15 is 0 Å². The average molecular weight is 371 g/mol.